The highest BCUT2D eigenvalue weighted by Gasteiger charge is 2.36. The Morgan fingerprint density at radius 1 is 1.47 bits per heavy atom. The fraction of sp³-hybridized carbons (Fsp3) is 0.556. The number of aromatic nitrogens is 2. The number of hydrogen-bond acceptors (Lipinski definition) is 5. The summed E-state index contributed by atoms with van der Waals surface area (Å²) in [6.07, 6.45) is 3.88. The Morgan fingerprint density at radius 3 is 2.67 bits per heavy atom. The molecule has 2 heterocycles. The Kier molecular flexibility index (Phi) is 2.90. The quantitative estimate of drug-likeness (QED) is 0.804. The van der Waals surface area contributed by atoms with E-state index in [9.17, 15) is 5.11 Å². The van der Waals surface area contributed by atoms with Crippen LogP contribution in [0.2, 0.25) is 0 Å². The van der Waals surface area contributed by atoms with E-state index >= 15 is 0 Å². The normalized spacial score (nSPS) is 25.9. The number of anilines is 1. The summed E-state index contributed by atoms with van der Waals surface area (Å²) in [4.78, 5) is 10.1. The molecule has 2 N–H and O–H groups in total. The van der Waals surface area contributed by atoms with E-state index < -0.39 is 5.60 Å². The van der Waals surface area contributed by atoms with Crippen LogP contribution in [0, 0.1) is 0 Å². The van der Waals surface area contributed by atoms with E-state index in [0.29, 0.717) is 25.5 Å². The molecule has 2 rings (SSSR count). The van der Waals surface area contributed by atoms with Gasteiger partial charge in [0.1, 0.15) is 5.60 Å². The molecule has 1 aromatic rings. The number of β-amino-alcohol motifs (C(OH)–C–C–N with tert-alkyl or cyclic N) is 1. The van der Waals surface area contributed by atoms with Gasteiger partial charge in [0, 0.05) is 18.9 Å². The molecule has 0 spiro atoms. The summed E-state index contributed by atoms with van der Waals surface area (Å²) in [6.45, 7) is 0.823. The lowest BCUT2D eigenvalue weighted by molar-refractivity contribution is 0.00470. The van der Waals surface area contributed by atoms with E-state index in [1.54, 1.807) is 12.4 Å². The number of halogens is 1. The van der Waals surface area contributed by atoms with E-state index in [1.807, 2.05) is 4.90 Å². The largest absolute Gasteiger partial charge is 0.393 e. The van der Waals surface area contributed by atoms with Gasteiger partial charge in [0.25, 0.3) is 0 Å². The topological polar surface area (TPSA) is 69.5 Å². The van der Waals surface area contributed by atoms with Crippen LogP contribution in [0.1, 0.15) is 6.42 Å². The summed E-state index contributed by atoms with van der Waals surface area (Å²) in [6, 6.07) is 0. The van der Waals surface area contributed by atoms with Gasteiger partial charge in [0.15, 0.2) is 0 Å². The molecule has 1 saturated heterocycles. The standard InChI is InChI=1S/C9H12BrN3O2/c10-7-3-11-8(12-4-7)13-2-1-9(15,5-13)6-14/h3-4,14-15H,1-2,5-6H2. The zero-order chi connectivity index (χ0) is 10.9. The highest BCUT2D eigenvalue weighted by atomic mass is 79.9. The number of aliphatic hydroxyl groups is 2. The van der Waals surface area contributed by atoms with E-state index in [2.05, 4.69) is 25.9 Å². The molecule has 0 radical (unpaired) electrons. The van der Waals surface area contributed by atoms with Gasteiger partial charge in [-0.3, -0.25) is 0 Å². The van der Waals surface area contributed by atoms with Crippen molar-refractivity contribution in [2.75, 3.05) is 24.6 Å². The number of rotatable bonds is 2. The summed E-state index contributed by atoms with van der Waals surface area (Å²) in [5.41, 5.74) is -1.00. The van der Waals surface area contributed by atoms with Crippen molar-refractivity contribution in [2.45, 2.75) is 12.0 Å². The maximum absolute atomic E-state index is 9.83. The Bertz CT molecular complexity index is 346. The molecule has 1 aromatic heterocycles. The monoisotopic (exact) mass is 273 g/mol. The fourth-order valence-electron chi connectivity index (χ4n) is 1.62. The molecular weight excluding hydrogens is 262 g/mol. The minimum atomic E-state index is -1.00. The molecule has 1 fully saturated rings. The summed E-state index contributed by atoms with van der Waals surface area (Å²) >= 11 is 3.26. The molecule has 1 unspecified atom stereocenters. The summed E-state index contributed by atoms with van der Waals surface area (Å²) in [7, 11) is 0. The van der Waals surface area contributed by atoms with Gasteiger partial charge < -0.3 is 15.1 Å². The van der Waals surface area contributed by atoms with Crippen molar-refractivity contribution in [1.82, 2.24) is 9.97 Å². The highest BCUT2D eigenvalue weighted by molar-refractivity contribution is 9.10. The van der Waals surface area contributed by atoms with Gasteiger partial charge in [-0.25, -0.2) is 9.97 Å². The maximum Gasteiger partial charge on any atom is 0.225 e. The lowest BCUT2D eigenvalue weighted by Crippen LogP contribution is -2.37. The van der Waals surface area contributed by atoms with Gasteiger partial charge in [0.2, 0.25) is 5.95 Å². The van der Waals surface area contributed by atoms with Gasteiger partial charge >= 0.3 is 0 Å². The van der Waals surface area contributed by atoms with Gasteiger partial charge in [0.05, 0.1) is 17.6 Å². The van der Waals surface area contributed by atoms with E-state index in [-0.39, 0.29) is 6.61 Å². The molecular formula is C9H12BrN3O2. The minimum Gasteiger partial charge on any atom is -0.393 e. The first-order valence-corrected chi connectivity index (χ1v) is 5.48. The molecule has 1 atom stereocenters. The third-order valence-electron chi connectivity index (χ3n) is 2.52. The molecule has 82 valence electrons. The maximum atomic E-state index is 9.83. The van der Waals surface area contributed by atoms with Crippen LogP contribution < -0.4 is 4.90 Å². The predicted octanol–water partition coefficient (Wildman–Crippen LogP) is 0.173. The average molecular weight is 274 g/mol. The molecule has 15 heavy (non-hydrogen) atoms. The zero-order valence-electron chi connectivity index (χ0n) is 8.10. The van der Waals surface area contributed by atoms with Gasteiger partial charge in [-0.05, 0) is 22.4 Å². The molecule has 5 nitrogen and oxygen atoms in total. The minimum absolute atomic E-state index is 0.222. The third-order valence-corrected chi connectivity index (χ3v) is 2.93. The Labute approximate surface area is 95.9 Å². The van der Waals surface area contributed by atoms with Crippen molar-refractivity contribution in [3.05, 3.63) is 16.9 Å². The number of aliphatic hydroxyl groups excluding tert-OH is 1. The van der Waals surface area contributed by atoms with Crippen LogP contribution in [0.3, 0.4) is 0 Å². The van der Waals surface area contributed by atoms with E-state index in [0.717, 1.165) is 4.47 Å². The van der Waals surface area contributed by atoms with Crippen molar-refractivity contribution < 1.29 is 10.2 Å². The summed E-state index contributed by atoms with van der Waals surface area (Å²) in [5, 5.41) is 18.8. The van der Waals surface area contributed by atoms with Gasteiger partial charge in [-0.1, -0.05) is 0 Å². The molecule has 1 aliphatic heterocycles. The lowest BCUT2D eigenvalue weighted by atomic mass is 10.1. The summed E-state index contributed by atoms with van der Waals surface area (Å²) < 4.78 is 0.822. The fourth-order valence-corrected chi connectivity index (χ4v) is 1.83. The first-order chi connectivity index (χ1) is 7.13. The van der Waals surface area contributed by atoms with Crippen molar-refractivity contribution in [1.29, 1.82) is 0 Å². The second-order valence-electron chi connectivity index (χ2n) is 3.76. The first-order valence-electron chi connectivity index (χ1n) is 4.69. The predicted molar refractivity (Wildman–Crippen MR) is 58.6 cm³/mol. The number of nitrogens with zero attached hydrogens (tertiary/aromatic N) is 3. The lowest BCUT2D eigenvalue weighted by Gasteiger charge is -2.20. The molecule has 0 aromatic carbocycles. The van der Waals surface area contributed by atoms with Crippen LogP contribution in [0.5, 0.6) is 0 Å². The molecule has 0 aliphatic carbocycles. The Balaban J connectivity index is 2.11. The molecule has 0 saturated carbocycles. The molecule has 6 heteroatoms. The average Bonchev–Trinajstić information content (AvgIpc) is 2.63. The third kappa shape index (κ3) is 2.27. The van der Waals surface area contributed by atoms with Gasteiger partial charge in [-0.2, -0.15) is 0 Å². The van der Waals surface area contributed by atoms with Crippen LogP contribution in [0.4, 0.5) is 5.95 Å². The van der Waals surface area contributed by atoms with Crippen LogP contribution >= 0.6 is 15.9 Å². The number of hydrogen-bond donors (Lipinski definition) is 2. The molecule has 0 amide bonds. The Morgan fingerprint density at radius 2 is 2.13 bits per heavy atom. The van der Waals surface area contributed by atoms with Crippen molar-refractivity contribution in [3.8, 4) is 0 Å². The van der Waals surface area contributed by atoms with E-state index in [1.165, 1.54) is 0 Å². The highest BCUT2D eigenvalue weighted by Crippen LogP contribution is 2.24. The van der Waals surface area contributed by atoms with Gasteiger partial charge in [-0.15, -0.1) is 0 Å². The Hall–Kier alpha value is -0.720. The molecule has 1 aliphatic rings. The molecule has 0 bridgehead atoms. The van der Waals surface area contributed by atoms with E-state index in [4.69, 9.17) is 5.11 Å². The van der Waals surface area contributed by atoms with Crippen molar-refractivity contribution in [2.24, 2.45) is 0 Å². The second-order valence-corrected chi connectivity index (χ2v) is 4.67. The first kappa shape index (κ1) is 10.8. The van der Waals surface area contributed by atoms with Crippen LogP contribution in [0.25, 0.3) is 0 Å². The van der Waals surface area contributed by atoms with Crippen LogP contribution in [0.15, 0.2) is 16.9 Å². The van der Waals surface area contributed by atoms with Crippen molar-refractivity contribution >= 4 is 21.9 Å². The smallest absolute Gasteiger partial charge is 0.225 e. The zero-order valence-corrected chi connectivity index (χ0v) is 9.68. The van der Waals surface area contributed by atoms with Crippen LogP contribution in [-0.2, 0) is 0 Å². The van der Waals surface area contributed by atoms with Crippen LogP contribution in [-0.4, -0.2) is 45.5 Å². The SMILES string of the molecule is OCC1(O)CCN(c2ncc(Br)cn2)C1. The summed E-state index contributed by atoms with van der Waals surface area (Å²) in [5.74, 6) is 0.586. The second kappa shape index (κ2) is 4.03. The van der Waals surface area contributed by atoms with Crippen molar-refractivity contribution in [3.63, 3.8) is 0 Å².